The Labute approximate surface area is 97.3 Å². The van der Waals surface area contributed by atoms with E-state index in [9.17, 15) is 4.79 Å². The second kappa shape index (κ2) is 3.93. The Morgan fingerprint density at radius 3 is 2.44 bits per heavy atom. The lowest BCUT2D eigenvalue weighted by Gasteiger charge is -2.42. The van der Waals surface area contributed by atoms with Crippen molar-refractivity contribution in [3.05, 3.63) is 29.8 Å². The number of hydrogen-bond acceptors (Lipinski definition) is 1. The van der Waals surface area contributed by atoms with Crippen molar-refractivity contribution in [2.75, 3.05) is 4.90 Å². The molecule has 0 saturated heterocycles. The van der Waals surface area contributed by atoms with E-state index in [0.29, 0.717) is 11.8 Å². The lowest BCUT2D eigenvalue weighted by molar-refractivity contribution is -0.117. The molecular weight excluding hydrogens is 198 g/mol. The van der Waals surface area contributed by atoms with Gasteiger partial charge in [0.05, 0.1) is 0 Å². The monoisotopic (exact) mass is 217 g/mol. The van der Waals surface area contributed by atoms with Crippen LogP contribution in [0.3, 0.4) is 0 Å². The lowest BCUT2D eigenvalue weighted by Crippen LogP contribution is -2.46. The highest BCUT2D eigenvalue weighted by atomic mass is 16.2. The maximum absolute atomic E-state index is 11.8. The smallest absolute Gasteiger partial charge is 0.224 e. The molecule has 2 nitrogen and oxygen atoms in total. The van der Waals surface area contributed by atoms with Crippen LogP contribution in [-0.2, 0) is 4.79 Å². The number of amides is 1. The van der Waals surface area contributed by atoms with Gasteiger partial charge >= 0.3 is 0 Å². The predicted molar refractivity (Wildman–Crippen MR) is 66.6 cm³/mol. The summed E-state index contributed by atoms with van der Waals surface area (Å²) in [7, 11) is 0. The highest BCUT2D eigenvalue weighted by Crippen LogP contribution is 2.41. The molecule has 0 fully saturated rings. The SMILES string of the molecule is CC(=O)N1c2ccccc2C(C)C(C)C1C. The predicted octanol–water partition coefficient (Wildman–Crippen LogP) is 3.18. The van der Waals surface area contributed by atoms with Gasteiger partial charge in [0.1, 0.15) is 0 Å². The first-order chi connectivity index (χ1) is 7.54. The Morgan fingerprint density at radius 2 is 1.81 bits per heavy atom. The van der Waals surface area contributed by atoms with Crippen molar-refractivity contribution < 1.29 is 4.79 Å². The topological polar surface area (TPSA) is 20.3 Å². The van der Waals surface area contributed by atoms with Crippen LogP contribution in [0.4, 0.5) is 5.69 Å². The molecule has 86 valence electrons. The summed E-state index contributed by atoms with van der Waals surface area (Å²) in [4.78, 5) is 13.7. The number of benzene rings is 1. The summed E-state index contributed by atoms with van der Waals surface area (Å²) >= 11 is 0. The number of carbonyl (C=O) groups is 1. The summed E-state index contributed by atoms with van der Waals surface area (Å²) < 4.78 is 0. The second-order valence-corrected chi connectivity index (χ2v) is 4.84. The number of para-hydroxylation sites is 1. The standard InChI is InChI=1S/C14H19NO/c1-9-10(2)13-7-5-6-8-14(13)15(11(9)3)12(4)16/h5-11H,1-4H3. The number of fused-ring (bicyclic) bond motifs is 1. The number of nitrogens with zero attached hydrogens (tertiary/aromatic N) is 1. The fourth-order valence-electron chi connectivity index (χ4n) is 2.70. The minimum absolute atomic E-state index is 0.138. The van der Waals surface area contributed by atoms with Crippen LogP contribution < -0.4 is 4.90 Å². The molecule has 1 aromatic rings. The molecule has 3 atom stereocenters. The molecule has 0 bridgehead atoms. The molecule has 1 aliphatic rings. The van der Waals surface area contributed by atoms with Gasteiger partial charge in [-0.05, 0) is 30.4 Å². The van der Waals surface area contributed by atoms with Crippen molar-refractivity contribution in [2.45, 2.75) is 39.7 Å². The average molecular weight is 217 g/mol. The third kappa shape index (κ3) is 1.53. The molecule has 1 aliphatic heterocycles. The van der Waals surface area contributed by atoms with Crippen LogP contribution in [-0.4, -0.2) is 11.9 Å². The second-order valence-electron chi connectivity index (χ2n) is 4.84. The largest absolute Gasteiger partial charge is 0.309 e. The van der Waals surface area contributed by atoms with Gasteiger partial charge in [0.2, 0.25) is 5.91 Å². The molecule has 3 unspecified atom stereocenters. The van der Waals surface area contributed by atoms with Gasteiger partial charge in [0, 0.05) is 18.7 Å². The van der Waals surface area contributed by atoms with E-state index in [4.69, 9.17) is 0 Å². The molecule has 0 N–H and O–H groups in total. The fraction of sp³-hybridized carbons (Fsp3) is 0.500. The van der Waals surface area contributed by atoms with E-state index in [-0.39, 0.29) is 11.9 Å². The zero-order valence-corrected chi connectivity index (χ0v) is 10.4. The van der Waals surface area contributed by atoms with Gasteiger partial charge in [0.15, 0.2) is 0 Å². The molecule has 0 saturated carbocycles. The van der Waals surface area contributed by atoms with Crippen LogP contribution in [0.2, 0.25) is 0 Å². The number of rotatable bonds is 0. The summed E-state index contributed by atoms with van der Waals surface area (Å²) in [6.45, 7) is 8.26. The summed E-state index contributed by atoms with van der Waals surface area (Å²) in [6.07, 6.45) is 0. The first-order valence-corrected chi connectivity index (χ1v) is 5.92. The van der Waals surface area contributed by atoms with Crippen LogP contribution in [0.25, 0.3) is 0 Å². The minimum Gasteiger partial charge on any atom is -0.309 e. The zero-order chi connectivity index (χ0) is 11.9. The van der Waals surface area contributed by atoms with E-state index in [2.05, 4.69) is 39.0 Å². The van der Waals surface area contributed by atoms with Crippen LogP contribution in [0, 0.1) is 5.92 Å². The first-order valence-electron chi connectivity index (χ1n) is 5.92. The highest BCUT2D eigenvalue weighted by Gasteiger charge is 2.35. The molecule has 16 heavy (non-hydrogen) atoms. The maximum Gasteiger partial charge on any atom is 0.224 e. The van der Waals surface area contributed by atoms with E-state index in [1.165, 1.54) is 5.56 Å². The van der Waals surface area contributed by atoms with E-state index in [0.717, 1.165) is 5.69 Å². The van der Waals surface area contributed by atoms with E-state index in [1.54, 1.807) is 6.92 Å². The van der Waals surface area contributed by atoms with E-state index in [1.807, 2.05) is 11.0 Å². The molecule has 0 aromatic heterocycles. The van der Waals surface area contributed by atoms with Crippen LogP contribution in [0.1, 0.15) is 39.2 Å². The molecule has 2 rings (SSSR count). The van der Waals surface area contributed by atoms with Crippen molar-refractivity contribution in [3.8, 4) is 0 Å². The van der Waals surface area contributed by atoms with Crippen molar-refractivity contribution in [1.29, 1.82) is 0 Å². The third-order valence-corrected chi connectivity index (χ3v) is 3.98. The van der Waals surface area contributed by atoms with Crippen LogP contribution in [0.15, 0.2) is 24.3 Å². The van der Waals surface area contributed by atoms with Gasteiger partial charge in [0.25, 0.3) is 0 Å². The Kier molecular flexibility index (Phi) is 2.75. The Bertz CT molecular complexity index is 413. The molecule has 0 spiro atoms. The van der Waals surface area contributed by atoms with E-state index >= 15 is 0 Å². The van der Waals surface area contributed by atoms with Gasteiger partial charge in [-0.2, -0.15) is 0 Å². The molecule has 0 aliphatic carbocycles. The number of hydrogen-bond donors (Lipinski definition) is 0. The molecule has 2 heteroatoms. The number of anilines is 1. The molecule has 1 aromatic carbocycles. The van der Waals surface area contributed by atoms with Gasteiger partial charge in [-0.15, -0.1) is 0 Å². The van der Waals surface area contributed by atoms with Crippen molar-refractivity contribution in [3.63, 3.8) is 0 Å². The highest BCUT2D eigenvalue weighted by molar-refractivity contribution is 5.93. The van der Waals surface area contributed by atoms with Gasteiger partial charge in [-0.3, -0.25) is 4.79 Å². The first kappa shape index (κ1) is 11.2. The summed E-state index contributed by atoms with van der Waals surface area (Å²) in [5, 5.41) is 0. The Hall–Kier alpha value is -1.31. The minimum atomic E-state index is 0.138. The Morgan fingerprint density at radius 1 is 1.19 bits per heavy atom. The molecule has 1 heterocycles. The molecular formula is C14H19NO. The van der Waals surface area contributed by atoms with Crippen LogP contribution >= 0.6 is 0 Å². The number of carbonyl (C=O) groups excluding carboxylic acids is 1. The fourth-order valence-corrected chi connectivity index (χ4v) is 2.70. The molecule has 1 amide bonds. The van der Waals surface area contributed by atoms with E-state index < -0.39 is 0 Å². The van der Waals surface area contributed by atoms with Gasteiger partial charge < -0.3 is 4.90 Å². The average Bonchev–Trinajstić information content (AvgIpc) is 2.26. The third-order valence-electron chi connectivity index (χ3n) is 3.98. The summed E-state index contributed by atoms with van der Waals surface area (Å²) in [5.74, 6) is 1.15. The normalized spacial score (nSPS) is 28.8. The van der Waals surface area contributed by atoms with Crippen molar-refractivity contribution >= 4 is 11.6 Å². The summed E-state index contributed by atoms with van der Waals surface area (Å²) in [6, 6.07) is 8.52. The maximum atomic E-state index is 11.8. The lowest BCUT2D eigenvalue weighted by atomic mass is 9.79. The van der Waals surface area contributed by atoms with Crippen LogP contribution in [0.5, 0.6) is 0 Å². The van der Waals surface area contributed by atoms with Gasteiger partial charge in [-0.25, -0.2) is 0 Å². The van der Waals surface area contributed by atoms with Crippen molar-refractivity contribution in [2.24, 2.45) is 5.92 Å². The van der Waals surface area contributed by atoms with Crippen molar-refractivity contribution in [1.82, 2.24) is 0 Å². The van der Waals surface area contributed by atoms with Gasteiger partial charge in [-0.1, -0.05) is 32.0 Å². The summed E-state index contributed by atoms with van der Waals surface area (Å²) in [5.41, 5.74) is 2.39. The quantitative estimate of drug-likeness (QED) is 0.653. The zero-order valence-electron chi connectivity index (χ0n) is 10.4. The Balaban J connectivity index is 2.56. The molecule has 0 radical (unpaired) electrons.